The predicted octanol–water partition coefficient (Wildman–Crippen LogP) is 2.96. The van der Waals surface area contributed by atoms with Crippen molar-refractivity contribution in [3.63, 3.8) is 0 Å². The Morgan fingerprint density at radius 3 is 2.84 bits per heavy atom. The number of rotatable bonds is 5. The molecule has 3 rings (SSSR count). The number of carbonyl (C=O) groups excluding carboxylic acids is 1. The Labute approximate surface area is 154 Å². The number of nitriles is 1. The Morgan fingerprint density at radius 1 is 1.40 bits per heavy atom. The first kappa shape index (κ1) is 18.2. The Hall–Kier alpha value is -1.61. The number of nitrogens with zero attached hydrogens (tertiary/aromatic N) is 3. The van der Waals surface area contributed by atoms with Crippen LogP contribution < -0.4 is 5.32 Å². The highest BCUT2D eigenvalue weighted by Gasteiger charge is 2.31. The fourth-order valence-electron chi connectivity index (χ4n) is 3.79. The summed E-state index contributed by atoms with van der Waals surface area (Å²) in [6.07, 6.45) is 3.81. The third-order valence-electron chi connectivity index (χ3n) is 5.32. The average molecular weight is 361 g/mol. The molecular formula is C19H25ClN4O. The molecular weight excluding hydrogens is 336 g/mol. The molecule has 5 nitrogen and oxygen atoms in total. The van der Waals surface area contributed by atoms with Gasteiger partial charge in [-0.3, -0.25) is 9.69 Å². The van der Waals surface area contributed by atoms with Crippen LogP contribution in [0.3, 0.4) is 0 Å². The van der Waals surface area contributed by atoms with Gasteiger partial charge in [0.15, 0.2) is 0 Å². The van der Waals surface area contributed by atoms with E-state index in [0.29, 0.717) is 22.2 Å². The lowest BCUT2D eigenvalue weighted by molar-refractivity contribution is -0.120. The van der Waals surface area contributed by atoms with E-state index in [4.69, 9.17) is 16.9 Å². The lowest BCUT2D eigenvalue weighted by Crippen LogP contribution is -2.41. The van der Waals surface area contributed by atoms with Crippen LogP contribution in [0.4, 0.5) is 5.69 Å². The molecule has 134 valence electrons. The lowest BCUT2D eigenvalue weighted by atomic mass is 10.1. The molecule has 0 saturated carbocycles. The standard InChI is InChI=1S/C19H25ClN4O/c1-14(19(25)22-17-5-4-16(11-21)18(20)10-17)24-9-6-15(13-24)12-23-7-2-3-8-23/h4-5,10,14-15H,2-3,6-9,12-13H2,1H3,(H,22,25). The minimum absolute atomic E-state index is 0.0254. The monoisotopic (exact) mass is 360 g/mol. The smallest absolute Gasteiger partial charge is 0.241 e. The molecule has 0 bridgehead atoms. The van der Waals surface area contributed by atoms with Crippen molar-refractivity contribution < 1.29 is 4.79 Å². The molecule has 2 aliphatic rings. The number of likely N-dealkylation sites (tertiary alicyclic amines) is 2. The van der Waals surface area contributed by atoms with Crippen LogP contribution in [0.25, 0.3) is 0 Å². The summed E-state index contributed by atoms with van der Waals surface area (Å²) in [5, 5.41) is 12.2. The molecule has 2 aliphatic heterocycles. The molecule has 1 aromatic carbocycles. The first-order valence-electron chi connectivity index (χ1n) is 9.03. The Kier molecular flexibility index (Phi) is 5.95. The van der Waals surface area contributed by atoms with E-state index >= 15 is 0 Å². The van der Waals surface area contributed by atoms with E-state index in [1.165, 1.54) is 25.9 Å². The van der Waals surface area contributed by atoms with Crippen LogP contribution in [0.1, 0.15) is 31.7 Å². The maximum absolute atomic E-state index is 12.5. The van der Waals surface area contributed by atoms with Crippen molar-refractivity contribution in [3.05, 3.63) is 28.8 Å². The highest BCUT2D eigenvalue weighted by atomic mass is 35.5. The molecule has 0 aliphatic carbocycles. The third-order valence-corrected chi connectivity index (χ3v) is 5.63. The van der Waals surface area contributed by atoms with Crippen molar-refractivity contribution in [1.82, 2.24) is 9.80 Å². The van der Waals surface area contributed by atoms with Crippen molar-refractivity contribution in [2.45, 2.75) is 32.2 Å². The van der Waals surface area contributed by atoms with Gasteiger partial charge in [0.05, 0.1) is 16.6 Å². The van der Waals surface area contributed by atoms with Gasteiger partial charge in [-0.05, 0) is 69.9 Å². The first-order valence-corrected chi connectivity index (χ1v) is 9.41. The number of carbonyl (C=O) groups is 1. The molecule has 0 spiro atoms. The second-order valence-corrected chi connectivity index (χ2v) is 7.54. The van der Waals surface area contributed by atoms with Crippen LogP contribution in [-0.4, -0.2) is 54.5 Å². The molecule has 1 aromatic rings. The van der Waals surface area contributed by atoms with Gasteiger partial charge >= 0.3 is 0 Å². The normalized spacial score (nSPS) is 22.7. The fourth-order valence-corrected chi connectivity index (χ4v) is 4.01. The van der Waals surface area contributed by atoms with Crippen LogP contribution in [0, 0.1) is 17.2 Å². The van der Waals surface area contributed by atoms with Crippen LogP contribution in [-0.2, 0) is 4.79 Å². The Balaban J connectivity index is 1.52. The van der Waals surface area contributed by atoms with Gasteiger partial charge in [0.25, 0.3) is 0 Å². The van der Waals surface area contributed by atoms with Gasteiger partial charge in [0, 0.05) is 18.8 Å². The summed E-state index contributed by atoms with van der Waals surface area (Å²) in [4.78, 5) is 17.4. The van der Waals surface area contributed by atoms with E-state index in [0.717, 1.165) is 26.1 Å². The zero-order valence-electron chi connectivity index (χ0n) is 14.7. The van der Waals surface area contributed by atoms with Gasteiger partial charge in [-0.1, -0.05) is 11.6 Å². The summed E-state index contributed by atoms with van der Waals surface area (Å²) in [7, 11) is 0. The SMILES string of the molecule is CC(C(=O)Nc1ccc(C#N)c(Cl)c1)N1CCC(CN2CCCC2)C1. The molecule has 25 heavy (non-hydrogen) atoms. The minimum Gasteiger partial charge on any atom is -0.325 e. The Bertz CT molecular complexity index is 666. The van der Waals surface area contributed by atoms with E-state index in [1.807, 2.05) is 13.0 Å². The highest BCUT2D eigenvalue weighted by molar-refractivity contribution is 6.32. The highest BCUT2D eigenvalue weighted by Crippen LogP contribution is 2.23. The van der Waals surface area contributed by atoms with E-state index in [1.54, 1.807) is 18.2 Å². The van der Waals surface area contributed by atoms with Crippen LogP contribution in [0.5, 0.6) is 0 Å². The maximum Gasteiger partial charge on any atom is 0.241 e. The molecule has 1 N–H and O–H groups in total. The van der Waals surface area contributed by atoms with Gasteiger partial charge in [-0.15, -0.1) is 0 Å². The van der Waals surface area contributed by atoms with Crippen molar-refractivity contribution in [3.8, 4) is 6.07 Å². The van der Waals surface area contributed by atoms with E-state index in [-0.39, 0.29) is 11.9 Å². The number of amides is 1. The van der Waals surface area contributed by atoms with Crippen molar-refractivity contribution in [2.24, 2.45) is 5.92 Å². The lowest BCUT2D eigenvalue weighted by Gasteiger charge is -2.24. The summed E-state index contributed by atoms with van der Waals surface area (Å²) in [6.45, 7) is 7.54. The second kappa shape index (κ2) is 8.18. The van der Waals surface area contributed by atoms with E-state index in [9.17, 15) is 4.79 Å². The topological polar surface area (TPSA) is 59.4 Å². The zero-order valence-corrected chi connectivity index (χ0v) is 15.4. The maximum atomic E-state index is 12.5. The van der Waals surface area contributed by atoms with Gasteiger partial charge in [0.1, 0.15) is 6.07 Å². The molecule has 0 aromatic heterocycles. The summed E-state index contributed by atoms with van der Waals surface area (Å²) in [5.41, 5.74) is 1.05. The third kappa shape index (κ3) is 4.52. The van der Waals surface area contributed by atoms with Crippen LogP contribution >= 0.6 is 11.6 Å². The molecule has 0 radical (unpaired) electrons. The molecule has 6 heteroatoms. The Morgan fingerprint density at radius 2 is 2.16 bits per heavy atom. The van der Waals surface area contributed by atoms with Gasteiger partial charge in [-0.25, -0.2) is 0 Å². The molecule has 1 amide bonds. The average Bonchev–Trinajstić information content (AvgIpc) is 3.27. The minimum atomic E-state index is -0.169. The summed E-state index contributed by atoms with van der Waals surface area (Å²) < 4.78 is 0. The fraction of sp³-hybridized carbons (Fsp3) is 0.579. The zero-order chi connectivity index (χ0) is 17.8. The number of halogens is 1. The van der Waals surface area contributed by atoms with Crippen molar-refractivity contribution in [1.29, 1.82) is 5.26 Å². The number of anilines is 1. The van der Waals surface area contributed by atoms with E-state index < -0.39 is 0 Å². The molecule has 2 saturated heterocycles. The van der Waals surface area contributed by atoms with Crippen LogP contribution in [0.15, 0.2) is 18.2 Å². The number of hydrogen-bond acceptors (Lipinski definition) is 4. The number of nitrogens with one attached hydrogen (secondary N) is 1. The summed E-state index contributed by atoms with van der Waals surface area (Å²) >= 11 is 6.03. The van der Waals surface area contributed by atoms with Gasteiger partial charge in [-0.2, -0.15) is 5.26 Å². The molecule has 2 atom stereocenters. The van der Waals surface area contributed by atoms with Gasteiger partial charge < -0.3 is 10.2 Å². The summed E-state index contributed by atoms with van der Waals surface area (Å²) in [6, 6.07) is 6.83. The quantitative estimate of drug-likeness (QED) is 0.877. The number of hydrogen-bond donors (Lipinski definition) is 1. The first-order chi connectivity index (χ1) is 12.1. The summed E-state index contributed by atoms with van der Waals surface area (Å²) in [5.74, 6) is 0.639. The van der Waals surface area contributed by atoms with Crippen molar-refractivity contribution in [2.75, 3.05) is 38.0 Å². The predicted molar refractivity (Wildman–Crippen MR) is 99.6 cm³/mol. The second-order valence-electron chi connectivity index (χ2n) is 7.13. The molecule has 2 unspecified atom stereocenters. The van der Waals surface area contributed by atoms with Gasteiger partial charge in [0.2, 0.25) is 5.91 Å². The molecule has 2 fully saturated rings. The largest absolute Gasteiger partial charge is 0.325 e. The van der Waals surface area contributed by atoms with Crippen LogP contribution in [0.2, 0.25) is 5.02 Å². The molecule has 2 heterocycles. The van der Waals surface area contributed by atoms with Crippen molar-refractivity contribution >= 4 is 23.2 Å². The number of benzene rings is 1. The van der Waals surface area contributed by atoms with E-state index in [2.05, 4.69) is 15.1 Å².